The first-order chi connectivity index (χ1) is 11.0. The maximum absolute atomic E-state index is 13.2. The van der Waals surface area contributed by atoms with Gasteiger partial charge in [-0.15, -0.1) is 0 Å². The highest BCUT2D eigenvalue weighted by atomic mass is 35.5. The van der Waals surface area contributed by atoms with Gasteiger partial charge in [0.15, 0.2) is 0 Å². The van der Waals surface area contributed by atoms with Gasteiger partial charge < -0.3 is 14.5 Å². The molecule has 0 aromatic heterocycles. The van der Waals surface area contributed by atoms with Gasteiger partial charge in [0.2, 0.25) is 0 Å². The number of rotatable bonds is 1. The van der Waals surface area contributed by atoms with Gasteiger partial charge >= 0.3 is 12.3 Å². The fraction of sp³-hybridized carbons (Fsp3) is 0.562. The Balaban J connectivity index is 2.09. The van der Waals surface area contributed by atoms with E-state index in [0.717, 1.165) is 6.07 Å². The molecule has 0 N–H and O–H groups in total. The number of piperazine rings is 1. The second-order valence-corrected chi connectivity index (χ2v) is 7.05. The monoisotopic (exact) mass is 364 g/mol. The van der Waals surface area contributed by atoms with Crippen LogP contribution in [0.5, 0.6) is 0 Å². The van der Waals surface area contributed by atoms with Gasteiger partial charge in [-0.05, 0) is 39.0 Å². The average molecular weight is 365 g/mol. The number of ether oxygens (including phenoxy) is 1. The van der Waals surface area contributed by atoms with E-state index >= 15 is 0 Å². The summed E-state index contributed by atoms with van der Waals surface area (Å²) in [5.74, 6) is 0. The second kappa shape index (κ2) is 6.70. The maximum atomic E-state index is 13.2. The fourth-order valence-corrected chi connectivity index (χ4v) is 2.64. The molecule has 0 spiro atoms. The summed E-state index contributed by atoms with van der Waals surface area (Å²) in [5.41, 5.74) is -1.29. The number of carbonyl (C=O) groups excluding carboxylic acids is 1. The van der Waals surface area contributed by atoms with E-state index < -0.39 is 23.4 Å². The molecule has 2 rings (SSSR count). The molecule has 0 aliphatic carbocycles. The number of hydrogen-bond acceptors (Lipinski definition) is 3. The Bertz CT molecular complexity index is 606. The highest BCUT2D eigenvalue weighted by Gasteiger charge is 2.36. The van der Waals surface area contributed by atoms with Crippen molar-refractivity contribution in [3.05, 3.63) is 28.8 Å². The minimum absolute atomic E-state index is 0.0402. The molecule has 1 aromatic carbocycles. The van der Waals surface area contributed by atoms with Crippen LogP contribution in [0.25, 0.3) is 0 Å². The number of halogens is 4. The zero-order valence-corrected chi connectivity index (χ0v) is 14.5. The Hall–Kier alpha value is -1.63. The Kier molecular flexibility index (Phi) is 5.22. The molecule has 0 radical (unpaired) electrons. The summed E-state index contributed by atoms with van der Waals surface area (Å²) in [4.78, 5) is 15.1. The molecule has 0 atom stereocenters. The first-order valence-electron chi connectivity index (χ1n) is 7.57. The average Bonchev–Trinajstić information content (AvgIpc) is 2.44. The van der Waals surface area contributed by atoms with Gasteiger partial charge in [-0.2, -0.15) is 13.2 Å². The fourth-order valence-electron chi connectivity index (χ4n) is 2.47. The molecule has 1 heterocycles. The van der Waals surface area contributed by atoms with Crippen molar-refractivity contribution < 1.29 is 22.7 Å². The van der Waals surface area contributed by atoms with Crippen molar-refractivity contribution in [1.82, 2.24) is 4.90 Å². The predicted molar refractivity (Wildman–Crippen MR) is 86.5 cm³/mol. The van der Waals surface area contributed by atoms with E-state index in [1.807, 2.05) is 0 Å². The molecule has 4 nitrogen and oxygen atoms in total. The zero-order valence-electron chi connectivity index (χ0n) is 13.8. The van der Waals surface area contributed by atoms with Crippen molar-refractivity contribution in [2.45, 2.75) is 32.5 Å². The molecular weight excluding hydrogens is 345 g/mol. The molecule has 1 saturated heterocycles. The van der Waals surface area contributed by atoms with Crippen LogP contribution >= 0.6 is 11.6 Å². The maximum Gasteiger partial charge on any atom is 0.418 e. The third-order valence-electron chi connectivity index (χ3n) is 3.54. The van der Waals surface area contributed by atoms with Crippen LogP contribution in [0.15, 0.2) is 18.2 Å². The number of amides is 1. The van der Waals surface area contributed by atoms with Crippen LogP contribution in [0.1, 0.15) is 26.3 Å². The van der Waals surface area contributed by atoms with Gasteiger partial charge in [0, 0.05) is 36.9 Å². The normalized spacial score (nSPS) is 16.3. The first kappa shape index (κ1) is 18.7. The topological polar surface area (TPSA) is 32.8 Å². The summed E-state index contributed by atoms with van der Waals surface area (Å²) in [6, 6.07) is 3.73. The minimum atomic E-state index is -4.48. The van der Waals surface area contributed by atoms with Crippen LogP contribution in [0.4, 0.5) is 23.7 Å². The third-order valence-corrected chi connectivity index (χ3v) is 3.77. The van der Waals surface area contributed by atoms with Crippen molar-refractivity contribution >= 4 is 23.4 Å². The number of anilines is 1. The lowest BCUT2D eigenvalue weighted by atomic mass is 10.1. The summed E-state index contributed by atoms with van der Waals surface area (Å²) in [5, 5.41) is 0.0402. The van der Waals surface area contributed by atoms with Crippen LogP contribution in [0.2, 0.25) is 5.02 Å². The number of benzene rings is 1. The Morgan fingerprint density at radius 3 is 2.21 bits per heavy atom. The van der Waals surface area contributed by atoms with Gasteiger partial charge in [-0.3, -0.25) is 0 Å². The molecule has 0 unspecified atom stereocenters. The highest BCUT2D eigenvalue weighted by Crippen LogP contribution is 2.38. The van der Waals surface area contributed by atoms with E-state index in [9.17, 15) is 18.0 Å². The van der Waals surface area contributed by atoms with Crippen LogP contribution in [-0.2, 0) is 10.9 Å². The van der Waals surface area contributed by atoms with Gasteiger partial charge in [0.05, 0.1) is 5.56 Å². The Labute approximate surface area is 144 Å². The van der Waals surface area contributed by atoms with Crippen molar-refractivity contribution in [1.29, 1.82) is 0 Å². The van der Waals surface area contributed by atoms with Gasteiger partial charge in [-0.1, -0.05) is 11.6 Å². The summed E-state index contributed by atoms with van der Waals surface area (Å²) in [6.07, 6.45) is -4.93. The van der Waals surface area contributed by atoms with Gasteiger partial charge in [0.25, 0.3) is 0 Å². The Morgan fingerprint density at radius 2 is 1.71 bits per heavy atom. The summed E-state index contributed by atoms with van der Waals surface area (Å²) in [6.45, 7) is 6.50. The lowest BCUT2D eigenvalue weighted by Crippen LogP contribution is -2.50. The molecular formula is C16H20ClF3N2O2. The van der Waals surface area contributed by atoms with Gasteiger partial charge in [-0.25, -0.2) is 4.79 Å². The molecule has 8 heteroatoms. The quantitative estimate of drug-likeness (QED) is 0.739. The molecule has 1 amide bonds. The van der Waals surface area contributed by atoms with Crippen LogP contribution in [0, 0.1) is 0 Å². The van der Waals surface area contributed by atoms with E-state index in [2.05, 4.69) is 0 Å². The number of nitrogens with zero attached hydrogens (tertiary/aromatic N) is 2. The smallest absolute Gasteiger partial charge is 0.418 e. The molecule has 134 valence electrons. The summed E-state index contributed by atoms with van der Waals surface area (Å²) >= 11 is 5.70. The van der Waals surface area contributed by atoms with E-state index in [-0.39, 0.29) is 10.7 Å². The van der Waals surface area contributed by atoms with E-state index in [0.29, 0.717) is 26.2 Å². The number of alkyl halides is 3. The number of hydrogen-bond donors (Lipinski definition) is 0. The SMILES string of the molecule is CC(C)(C)OC(=O)N1CCN(c2ccc(Cl)cc2C(F)(F)F)CC1. The molecule has 24 heavy (non-hydrogen) atoms. The van der Waals surface area contributed by atoms with E-state index in [1.54, 1.807) is 25.7 Å². The molecule has 1 aliphatic rings. The molecule has 1 fully saturated rings. The van der Waals surface area contributed by atoms with Crippen LogP contribution in [-0.4, -0.2) is 42.8 Å². The van der Waals surface area contributed by atoms with Crippen molar-refractivity contribution in [2.75, 3.05) is 31.1 Å². The van der Waals surface area contributed by atoms with Crippen molar-refractivity contribution in [3.8, 4) is 0 Å². The van der Waals surface area contributed by atoms with Gasteiger partial charge in [0.1, 0.15) is 5.60 Å². The minimum Gasteiger partial charge on any atom is -0.444 e. The van der Waals surface area contributed by atoms with Crippen LogP contribution < -0.4 is 4.90 Å². The van der Waals surface area contributed by atoms with E-state index in [1.165, 1.54) is 17.0 Å². The highest BCUT2D eigenvalue weighted by molar-refractivity contribution is 6.30. The predicted octanol–water partition coefficient (Wildman–Crippen LogP) is 4.42. The third kappa shape index (κ3) is 4.69. The lowest BCUT2D eigenvalue weighted by Gasteiger charge is -2.37. The molecule has 0 saturated carbocycles. The number of carbonyl (C=O) groups is 1. The zero-order chi connectivity index (χ0) is 18.1. The lowest BCUT2D eigenvalue weighted by molar-refractivity contribution is -0.137. The summed E-state index contributed by atoms with van der Waals surface area (Å²) in [7, 11) is 0. The van der Waals surface area contributed by atoms with E-state index in [4.69, 9.17) is 16.3 Å². The van der Waals surface area contributed by atoms with Crippen molar-refractivity contribution in [2.24, 2.45) is 0 Å². The molecule has 0 bridgehead atoms. The molecule has 1 aromatic rings. The summed E-state index contributed by atoms with van der Waals surface area (Å²) < 4.78 is 44.9. The second-order valence-electron chi connectivity index (χ2n) is 6.61. The largest absolute Gasteiger partial charge is 0.444 e. The Morgan fingerprint density at radius 1 is 1.12 bits per heavy atom. The first-order valence-corrected chi connectivity index (χ1v) is 7.95. The molecule has 1 aliphatic heterocycles. The van der Waals surface area contributed by atoms with Crippen LogP contribution in [0.3, 0.4) is 0 Å². The van der Waals surface area contributed by atoms with Crippen molar-refractivity contribution in [3.63, 3.8) is 0 Å². The standard InChI is InChI=1S/C16H20ClF3N2O2/c1-15(2,3)24-14(23)22-8-6-21(7-9-22)13-5-4-11(17)10-12(13)16(18,19)20/h4-5,10H,6-9H2,1-3H3.